The van der Waals surface area contributed by atoms with Gasteiger partial charge in [0.25, 0.3) is 0 Å². The number of fused-ring (bicyclic) bond motifs is 1. The van der Waals surface area contributed by atoms with Crippen molar-refractivity contribution < 1.29 is 9.53 Å². The van der Waals surface area contributed by atoms with Crippen LogP contribution in [0.15, 0.2) is 16.7 Å². The standard InChI is InChI=1S/C12H16BrN3O2/c1-7(2)18-12(17)16-6-8(3)15-11-10(16)4-9(13)5-14-11/h4-5,7-8H,6H2,1-3H3,(H,14,15)/t8-/m0/s1. The second-order valence-corrected chi connectivity index (χ2v) is 5.53. The monoisotopic (exact) mass is 313 g/mol. The number of nitrogens with zero attached hydrogens (tertiary/aromatic N) is 2. The molecule has 5 nitrogen and oxygen atoms in total. The first-order chi connectivity index (χ1) is 8.47. The third-order valence-electron chi connectivity index (χ3n) is 2.52. The molecule has 1 aromatic rings. The summed E-state index contributed by atoms with van der Waals surface area (Å²) in [5.41, 5.74) is 0.744. The lowest BCUT2D eigenvalue weighted by atomic mass is 10.2. The topological polar surface area (TPSA) is 54.5 Å². The lowest BCUT2D eigenvalue weighted by Gasteiger charge is -2.33. The number of halogens is 1. The van der Waals surface area contributed by atoms with Gasteiger partial charge in [0, 0.05) is 23.3 Å². The lowest BCUT2D eigenvalue weighted by molar-refractivity contribution is 0.122. The van der Waals surface area contributed by atoms with Crippen molar-refractivity contribution in [2.24, 2.45) is 0 Å². The van der Waals surface area contributed by atoms with Gasteiger partial charge in [-0.05, 0) is 42.8 Å². The Morgan fingerprint density at radius 3 is 3.06 bits per heavy atom. The Morgan fingerprint density at radius 1 is 1.67 bits per heavy atom. The van der Waals surface area contributed by atoms with E-state index in [4.69, 9.17) is 4.74 Å². The van der Waals surface area contributed by atoms with E-state index in [2.05, 4.69) is 26.2 Å². The number of rotatable bonds is 1. The quantitative estimate of drug-likeness (QED) is 0.866. The van der Waals surface area contributed by atoms with Gasteiger partial charge in [0.15, 0.2) is 0 Å². The van der Waals surface area contributed by atoms with Gasteiger partial charge in [0.2, 0.25) is 0 Å². The number of anilines is 2. The molecule has 1 aliphatic rings. The van der Waals surface area contributed by atoms with Crippen LogP contribution in [-0.4, -0.2) is 29.8 Å². The van der Waals surface area contributed by atoms with E-state index < -0.39 is 0 Å². The molecule has 0 saturated heterocycles. The molecule has 1 amide bonds. The van der Waals surface area contributed by atoms with Crippen molar-refractivity contribution in [2.45, 2.75) is 32.9 Å². The highest BCUT2D eigenvalue weighted by Gasteiger charge is 2.28. The predicted molar refractivity (Wildman–Crippen MR) is 74.0 cm³/mol. The fraction of sp³-hybridized carbons (Fsp3) is 0.500. The van der Waals surface area contributed by atoms with Crippen LogP contribution in [0.5, 0.6) is 0 Å². The largest absolute Gasteiger partial charge is 0.446 e. The van der Waals surface area contributed by atoms with Crippen molar-refractivity contribution in [3.05, 3.63) is 16.7 Å². The molecule has 0 spiro atoms. The minimum atomic E-state index is -0.334. The maximum absolute atomic E-state index is 12.1. The molecule has 0 bridgehead atoms. The molecule has 0 aliphatic carbocycles. The molecule has 1 aliphatic heterocycles. The second-order valence-electron chi connectivity index (χ2n) is 4.61. The van der Waals surface area contributed by atoms with Crippen LogP contribution in [0.4, 0.5) is 16.3 Å². The molecule has 1 atom stereocenters. The number of aromatic nitrogens is 1. The van der Waals surface area contributed by atoms with Gasteiger partial charge in [-0.3, -0.25) is 4.90 Å². The van der Waals surface area contributed by atoms with E-state index in [9.17, 15) is 4.79 Å². The lowest BCUT2D eigenvalue weighted by Crippen LogP contribution is -2.44. The molecule has 0 aromatic carbocycles. The minimum Gasteiger partial charge on any atom is -0.446 e. The third kappa shape index (κ3) is 2.75. The maximum atomic E-state index is 12.1. The second kappa shape index (κ2) is 5.14. The van der Waals surface area contributed by atoms with Crippen LogP contribution < -0.4 is 10.2 Å². The summed E-state index contributed by atoms with van der Waals surface area (Å²) in [7, 11) is 0. The van der Waals surface area contributed by atoms with Crippen LogP contribution >= 0.6 is 15.9 Å². The molecule has 0 radical (unpaired) electrons. The molecule has 18 heavy (non-hydrogen) atoms. The summed E-state index contributed by atoms with van der Waals surface area (Å²) in [5.74, 6) is 0.706. The summed E-state index contributed by atoms with van der Waals surface area (Å²) in [6, 6.07) is 2.01. The highest BCUT2D eigenvalue weighted by molar-refractivity contribution is 9.10. The van der Waals surface area contributed by atoms with E-state index in [1.165, 1.54) is 0 Å². The van der Waals surface area contributed by atoms with Crippen molar-refractivity contribution in [3.8, 4) is 0 Å². The van der Waals surface area contributed by atoms with E-state index >= 15 is 0 Å². The normalized spacial score (nSPS) is 18.3. The number of carbonyl (C=O) groups excluding carboxylic acids is 1. The van der Waals surface area contributed by atoms with Crippen LogP contribution in [0.1, 0.15) is 20.8 Å². The molecule has 2 rings (SSSR count). The summed E-state index contributed by atoms with van der Waals surface area (Å²) in [6.45, 7) is 6.24. The molecule has 1 aromatic heterocycles. The molecule has 1 N–H and O–H groups in total. The summed E-state index contributed by atoms with van der Waals surface area (Å²) in [5, 5.41) is 3.24. The summed E-state index contributed by atoms with van der Waals surface area (Å²) < 4.78 is 6.08. The van der Waals surface area contributed by atoms with Gasteiger partial charge in [-0.15, -0.1) is 0 Å². The fourth-order valence-corrected chi connectivity index (χ4v) is 2.15. The zero-order chi connectivity index (χ0) is 13.3. The molecular weight excluding hydrogens is 298 g/mol. The number of nitrogens with one attached hydrogen (secondary N) is 1. The number of amides is 1. The number of ether oxygens (including phenoxy) is 1. The van der Waals surface area contributed by atoms with Crippen molar-refractivity contribution in [3.63, 3.8) is 0 Å². The van der Waals surface area contributed by atoms with Gasteiger partial charge < -0.3 is 10.1 Å². The zero-order valence-electron chi connectivity index (χ0n) is 10.6. The highest BCUT2D eigenvalue weighted by Crippen LogP contribution is 2.31. The Labute approximate surface area is 115 Å². The predicted octanol–water partition coefficient (Wildman–Crippen LogP) is 3.01. The van der Waals surface area contributed by atoms with Gasteiger partial charge in [0.1, 0.15) is 5.82 Å². The Kier molecular flexibility index (Phi) is 3.75. The van der Waals surface area contributed by atoms with Crippen LogP contribution in [-0.2, 0) is 4.74 Å². The Bertz CT molecular complexity index is 465. The van der Waals surface area contributed by atoms with Crippen LogP contribution in [0, 0.1) is 0 Å². The van der Waals surface area contributed by atoms with Crippen molar-refractivity contribution in [2.75, 3.05) is 16.8 Å². The fourth-order valence-electron chi connectivity index (χ4n) is 1.83. The number of hydrogen-bond donors (Lipinski definition) is 1. The third-order valence-corrected chi connectivity index (χ3v) is 2.96. The highest BCUT2D eigenvalue weighted by atomic mass is 79.9. The number of hydrogen-bond acceptors (Lipinski definition) is 4. The molecule has 6 heteroatoms. The van der Waals surface area contributed by atoms with Crippen molar-refractivity contribution in [1.82, 2.24) is 4.98 Å². The average Bonchev–Trinajstić information content (AvgIpc) is 2.27. The number of carbonyl (C=O) groups is 1. The molecule has 2 heterocycles. The van der Waals surface area contributed by atoms with Crippen molar-refractivity contribution >= 4 is 33.5 Å². The maximum Gasteiger partial charge on any atom is 0.414 e. The van der Waals surface area contributed by atoms with E-state index in [-0.39, 0.29) is 18.2 Å². The van der Waals surface area contributed by atoms with Gasteiger partial charge in [-0.2, -0.15) is 0 Å². The van der Waals surface area contributed by atoms with E-state index in [0.717, 1.165) is 10.2 Å². The van der Waals surface area contributed by atoms with Gasteiger partial charge in [-0.25, -0.2) is 9.78 Å². The SMILES string of the molecule is CC(C)OC(=O)N1C[C@H](C)Nc2ncc(Br)cc21. The smallest absolute Gasteiger partial charge is 0.414 e. The Balaban J connectivity index is 2.32. The average molecular weight is 314 g/mol. The summed E-state index contributed by atoms with van der Waals surface area (Å²) in [4.78, 5) is 18.0. The van der Waals surface area contributed by atoms with E-state index in [1.54, 1.807) is 11.1 Å². The van der Waals surface area contributed by atoms with Gasteiger partial charge in [-0.1, -0.05) is 0 Å². The Hall–Kier alpha value is -1.30. The first-order valence-electron chi connectivity index (χ1n) is 5.87. The summed E-state index contributed by atoms with van der Waals surface area (Å²) in [6.07, 6.45) is 1.24. The molecule has 0 fully saturated rings. The van der Waals surface area contributed by atoms with Gasteiger partial charge >= 0.3 is 6.09 Å². The van der Waals surface area contributed by atoms with Crippen molar-refractivity contribution in [1.29, 1.82) is 0 Å². The Morgan fingerprint density at radius 2 is 2.39 bits per heavy atom. The van der Waals surface area contributed by atoms with Crippen LogP contribution in [0.3, 0.4) is 0 Å². The molecule has 0 unspecified atom stereocenters. The van der Waals surface area contributed by atoms with E-state index in [1.807, 2.05) is 26.8 Å². The minimum absolute atomic E-state index is 0.133. The van der Waals surface area contributed by atoms with Crippen LogP contribution in [0.2, 0.25) is 0 Å². The first kappa shape index (κ1) is 13.1. The van der Waals surface area contributed by atoms with Crippen LogP contribution in [0.25, 0.3) is 0 Å². The summed E-state index contributed by atoms with van der Waals surface area (Å²) >= 11 is 3.36. The number of pyridine rings is 1. The molecule has 98 valence electrons. The molecule has 0 saturated carbocycles. The van der Waals surface area contributed by atoms with Gasteiger partial charge in [0.05, 0.1) is 11.8 Å². The van der Waals surface area contributed by atoms with E-state index in [0.29, 0.717) is 12.4 Å². The molecular formula is C12H16BrN3O2. The first-order valence-corrected chi connectivity index (χ1v) is 6.67. The zero-order valence-corrected chi connectivity index (χ0v) is 12.2.